The molecule has 1 aromatic carbocycles. The molecule has 130 valence electrons. The smallest absolute Gasteiger partial charge is 0.229 e. The summed E-state index contributed by atoms with van der Waals surface area (Å²) >= 11 is 5.83. The minimum atomic E-state index is -0.658. The summed E-state index contributed by atoms with van der Waals surface area (Å²) in [6.07, 6.45) is 0.276. The number of nitrogens with zero attached hydrogens (tertiary/aromatic N) is 1. The van der Waals surface area contributed by atoms with Gasteiger partial charge in [-0.3, -0.25) is 9.59 Å². The Bertz CT molecular complexity index is 662. The predicted octanol–water partition coefficient (Wildman–Crippen LogP) is 1.94. The maximum atomic E-state index is 12.3. The molecule has 24 heavy (non-hydrogen) atoms. The molecule has 1 fully saturated rings. The second-order valence-corrected chi connectivity index (χ2v) is 6.99. The molecule has 2 amide bonds. The summed E-state index contributed by atoms with van der Waals surface area (Å²) in [4.78, 5) is 26.2. The fraction of sp³-hybridized carbons (Fsp3) is 0.529. The molecule has 0 aliphatic carbocycles. The average molecular weight is 353 g/mol. The molecule has 2 heterocycles. The van der Waals surface area contributed by atoms with Crippen molar-refractivity contribution < 1.29 is 19.1 Å². The van der Waals surface area contributed by atoms with E-state index in [0.29, 0.717) is 31.3 Å². The molecule has 3 rings (SSSR count). The van der Waals surface area contributed by atoms with Crippen LogP contribution in [0.5, 0.6) is 11.5 Å². The molecule has 0 spiro atoms. The molecule has 7 heteroatoms. The maximum absolute atomic E-state index is 12.3. The Hall–Kier alpha value is -1.95. The zero-order valence-electron chi connectivity index (χ0n) is 13.8. The first-order valence-corrected chi connectivity index (χ1v) is 8.51. The molecule has 2 aliphatic heterocycles. The van der Waals surface area contributed by atoms with Crippen LogP contribution in [0.15, 0.2) is 18.2 Å². The van der Waals surface area contributed by atoms with Crippen molar-refractivity contribution in [3.05, 3.63) is 18.2 Å². The van der Waals surface area contributed by atoms with Gasteiger partial charge in [-0.05, 0) is 26.0 Å². The Morgan fingerprint density at radius 3 is 2.75 bits per heavy atom. The maximum Gasteiger partial charge on any atom is 0.229 e. The number of hydrogen-bond acceptors (Lipinski definition) is 4. The fourth-order valence-corrected chi connectivity index (χ4v) is 2.82. The van der Waals surface area contributed by atoms with Crippen molar-refractivity contribution in [3.63, 3.8) is 0 Å². The normalized spacial score (nSPS) is 20.2. The van der Waals surface area contributed by atoms with Gasteiger partial charge in [-0.15, -0.1) is 11.6 Å². The number of hydrogen-bond donors (Lipinski definition) is 1. The molecule has 0 radical (unpaired) electrons. The van der Waals surface area contributed by atoms with Crippen molar-refractivity contribution in [3.8, 4) is 11.5 Å². The van der Waals surface area contributed by atoms with Gasteiger partial charge in [0.05, 0.1) is 11.5 Å². The molecular formula is C17H21ClN2O4. The third-order valence-corrected chi connectivity index (χ3v) is 4.91. The van der Waals surface area contributed by atoms with Crippen LogP contribution >= 0.6 is 11.6 Å². The molecule has 0 bridgehead atoms. The van der Waals surface area contributed by atoms with E-state index >= 15 is 0 Å². The molecule has 2 aliphatic rings. The summed E-state index contributed by atoms with van der Waals surface area (Å²) in [5.74, 6) is 1.39. The van der Waals surface area contributed by atoms with Crippen molar-refractivity contribution in [1.29, 1.82) is 0 Å². The molecule has 0 unspecified atom stereocenters. The van der Waals surface area contributed by atoms with Crippen LogP contribution in [0.4, 0.5) is 5.69 Å². The van der Waals surface area contributed by atoms with Gasteiger partial charge in [0.1, 0.15) is 13.2 Å². The zero-order chi connectivity index (χ0) is 17.3. The van der Waals surface area contributed by atoms with Gasteiger partial charge >= 0.3 is 0 Å². The number of fused-ring (bicyclic) bond motifs is 1. The van der Waals surface area contributed by atoms with Gasteiger partial charge in [0, 0.05) is 30.6 Å². The van der Waals surface area contributed by atoms with E-state index in [0.717, 1.165) is 5.69 Å². The number of carbonyl (C=O) groups excluding carboxylic acids is 2. The predicted molar refractivity (Wildman–Crippen MR) is 90.8 cm³/mol. The number of halogens is 1. The number of rotatable bonds is 4. The van der Waals surface area contributed by atoms with Gasteiger partial charge in [-0.1, -0.05) is 0 Å². The van der Waals surface area contributed by atoms with Crippen LogP contribution in [0.2, 0.25) is 0 Å². The third-order valence-electron chi connectivity index (χ3n) is 4.25. The quantitative estimate of drug-likeness (QED) is 0.841. The van der Waals surface area contributed by atoms with Crippen molar-refractivity contribution in [2.75, 3.05) is 30.5 Å². The molecule has 1 aromatic rings. The second-order valence-electron chi connectivity index (χ2n) is 6.72. The zero-order valence-corrected chi connectivity index (χ0v) is 14.6. The van der Waals surface area contributed by atoms with E-state index in [2.05, 4.69) is 5.32 Å². The standard InChI is InChI=1S/C17H21ClN2O4/c1-17(2,10-18)16(22)19-11-7-15(21)20(9-11)12-3-4-13-14(8-12)24-6-5-23-13/h3-4,8,11H,5-7,9-10H2,1-2H3,(H,19,22)/t11-/m0/s1. The van der Waals surface area contributed by atoms with E-state index in [4.69, 9.17) is 21.1 Å². The van der Waals surface area contributed by atoms with E-state index < -0.39 is 5.41 Å². The minimum Gasteiger partial charge on any atom is -0.486 e. The highest BCUT2D eigenvalue weighted by atomic mass is 35.5. The first kappa shape index (κ1) is 16.9. The van der Waals surface area contributed by atoms with E-state index in [1.807, 2.05) is 6.07 Å². The summed E-state index contributed by atoms with van der Waals surface area (Å²) in [5.41, 5.74) is 0.0901. The number of alkyl halides is 1. The number of carbonyl (C=O) groups is 2. The Morgan fingerprint density at radius 1 is 1.33 bits per heavy atom. The van der Waals surface area contributed by atoms with Crippen LogP contribution in [-0.4, -0.2) is 43.5 Å². The second kappa shape index (κ2) is 6.51. The molecule has 1 saturated heterocycles. The summed E-state index contributed by atoms with van der Waals surface area (Å²) in [6.45, 7) is 5.02. The van der Waals surface area contributed by atoms with Gasteiger partial charge in [0.2, 0.25) is 11.8 Å². The van der Waals surface area contributed by atoms with Gasteiger partial charge in [-0.2, -0.15) is 0 Å². The van der Waals surface area contributed by atoms with E-state index in [1.165, 1.54) is 0 Å². The molecule has 1 atom stereocenters. The van der Waals surface area contributed by atoms with Crippen molar-refractivity contribution >= 4 is 29.1 Å². The van der Waals surface area contributed by atoms with Crippen LogP contribution in [0.25, 0.3) is 0 Å². The highest BCUT2D eigenvalue weighted by Crippen LogP contribution is 2.35. The highest BCUT2D eigenvalue weighted by molar-refractivity contribution is 6.19. The average Bonchev–Trinajstić information content (AvgIpc) is 2.94. The van der Waals surface area contributed by atoms with Crippen LogP contribution < -0.4 is 19.7 Å². The SMILES string of the molecule is CC(C)(CCl)C(=O)N[C@H]1CC(=O)N(c2ccc3c(c2)OCCO3)C1. The lowest BCUT2D eigenvalue weighted by atomic mass is 9.95. The van der Waals surface area contributed by atoms with E-state index in [9.17, 15) is 9.59 Å². The summed E-state index contributed by atoms with van der Waals surface area (Å²) in [5, 5.41) is 2.92. The summed E-state index contributed by atoms with van der Waals surface area (Å²) in [7, 11) is 0. The number of nitrogens with one attached hydrogen (secondary N) is 1. The molecule has 6 nitrogen and oxygen atoms in total. The first-order valence-electron chi connectivity index (χ1n) is 7.97. The van der Waals surface area contributed by atoms with E-state index in [1.54, 1.807) is 30.9 Å². The van der Waals surface area contributed by atoms with Gasteiger partial charge in [0.25, 0.3) is 0 Å². The topological polar surface area (TPSA) is 67.9 Å². The lowest BCUT2D eigenvalue weighted by Gasteiger charge is -2.24. The van der Waals surface area contributed by atoms with E-state index in [-0.39, 0.29) is 30.2 Å². The lowest BCUT2D eigenvalue weighted by Crippen LogP contribution is -2.44. The summed E-state index contributed by atoms with van der Waals surface area (Å²) in [6, 6.07) is 5.22. The molecule has 1 N–H and O–H groups in total. The lowest BCUT2D eigenvalue weighted by molar-refractivity contribution is -0.128. The molecular weight excluding hydrogens is 332 g/mol. The van der Waals surface area contributed by atoms with Gasteiger partial charge in [-0.25, -0.2) is 0 Å². The van der Waals surface area contributed by atoms with Crippen LogP contribution in [0, 0.1) is 5.41 Å². The number of ether oxygens (including phenoxy) is 2. The monoisotopic (exact) mass is 352 g/mol. The Kier molecular flexibility index (Phi) is 4.58. The fourth-order valence-electron chi connectivity index (χ4n) is 2.70. The van der Waals surface area contributed by atoms with Crippen LogP contribution in [-0.2, 0) is 9.59 Å². The van der Waals surface area contributed by atoms with Crippen LogP contribution in [0.3, 0.4) is 0 Å². The first-order chi connectivity index (χ1) is 11.4. The van der Waals surface area contributed by atoms with Gasteiger partial charge < -0.3 is 19.7 Å². The molecule has 0 saturated carbocycles. The summed E-state index contributed by atoms with van der Waals surface area (Å²) < 4.78 is 11.1. The number of benzene rings is 1. The number of anilines is 1. The highest BCUT2D eigenvalue weighted by Gasteiger charge is 2.35. The minimum absolute atomic E-state index is 0.0272. The Morgan fingerprint density at radius 2 is 2.04 bits per heavy atom. The largest absolute Gasteiger partial charge is 0.486 e. The van der Waals surface area contributed by atoms with Gasteiger partial charge in [0.15, 0.2) is 11.5 Å². The van der Waals surface area contributed by atoms with Crippen molar-refractivity contribution in [1.82, 2.24) is 5.32 Å². The number of amides is 2. The van der Waals surface area contributed by atoms with Crippen LogP contribution in [0.1, 0.15) is 20.3 Å². The van der Waals surface area contributed by atoms with Crippen molar-refractivity contribution in [2.24, 2.45) is 5.41 Å². The Balaban J connectivity index is 1.70. The molecule has 0 aromatic heterocycles. The Labute approximate surface area is 146 Å². The third kappa shape index (κ3) is 3.29. The van der Waals surface area contributed by atoms with Crippen molar-refractivity contribution in [2.45, 2.75) is 26.3 Å².